The van der Waals surface area contributed by atoms with Crippen LogP contribution in [0.25, 0.3) is 22.6 Å². The van der Waals surface area contributed by atoms with Crippen molar-refractivity contribution in [1.82, 2.24) is 4.98 Å². The summed E-state index contributed by atoms with van der Waals surface area (Å²) < 4.78 is 5.43. The van der Waals surface area contributed by atoms with E-state index in [1.165, 1.54) is 16.7 Å². The Balaban J connectivity index is 2.25. The monoisotopic (exact) mass is 235 g/mol. The number of hydrogen-bond donors (Lipinski definition) is 0. The smallest absolute Gasteiger partial charge is 0.226 e. The van der Waals surface area contributed by atoms with Crippen LogP contribution in [0.2, 0.25) is 0 Å². The van der Waals surface area contributed by atoms with Crippen molar-refractivity contribution in [2.45, 2.75) is 6.92 Å². The van der Waals surface area contributed by atoms with Crippen molar-refractivity contribution in [1.29, 1.82) is 0 Å². The number of oxazole rings is 1. The second-order valence-electron chi connectivity index (χ2n) is 4.20. The summed E-state index contributed by atoms with van der Waals surface area (Å²) in [4.78, 5) is 4.25. The molecule has 0 bridgehead atoms. The Labute approximate surface area is 106 Å². The van der Waals surface area contributed by atoms with Gasteiger partial charge in [0.1, 0.15) is 6.26 Å². The molecular weight excluding hydrogens is 222 g/mol. The van der Waals surface area contributed by atoms with Crippen LogP contribution >= 0.6 is 0 Å². The van der Waals surface area contributed by atoms with Gasteiger partial charge in [0, 0.05) is 5.56 Å². The zero-order valence-corrected chi connectivity index (χ0v) is 10.1. The largest absolute Gasteiger partial charge is 0.445 e. The standard InChI is InChI=1S/C16H13NO/c1-12-6-5-9-14(16-17-10-11-18-16)15(12)13-7-3-2-4-8-13/h2-11H,1H3. The molecule has 3 rings (SSSR count). The fourth-order valence-corrected chi connectivity index (χ4v) is 2.19. The first-order valence-electron chi connectivity index (χ1n) is 5.91. The molecule has 0 fully saturated rings. The van der Waals surface area contributed by atoms with Gasteiger partial charge in [-0.15, -0.1) is 0 Å². The maximum absolute atomic E-state index is 5.43. The van der Waals surface area contributed by atoms with Gasteiger partial charge in [0.2, 0.25) is 5.89 Å². The van der Waals surface area contributed by atoms with E-state index in [0.717, 1.165) is 5.56 Å². The highest BCUT2D eigenvalue weighted by atomic mass is 16.3. The normalized spacial score (nSPS) is 10.5. The fraction of sp³-hybridized carbons (Fsp3) is 0.0625. The lowest BCUT2D eigenvalue weighted by Gasteiger charge is -2.10. The second kappa shape index (κ2) is 4.49. The molecule has 0 spiro atoms. The molecule has 0 aliphatic carbocycles. The van der Waals surface area contributed by atoms with Crippen LogP contribution in [0.1, 0.15) is 5.56 Å². The van der Waals surface area contributed by atoms with Crippen molar-refractivity contribution in [2.75, 3.05) is 0 Å². The zero-order valence-electron chi connectivity index (χ0n) is 10.1. The molecule has 2 heteroatoms. The van der Waals surface area contributed by atoms with Crippen molar-refractivity contribution in [2.24, 2.45) is 0 Å². The summed E-state index contributed by atoms with van der Waals surface area (Å²) in [5.41, 5.74) is 4.62. The van der Waals surface area contributed by atoms with Crippen LogP contribution in [0.3, 0.4) is 0 Å². The van der Waals surface area contributed by atoms with E-state index < -0.39 is 0 Å². The van der Waals surface area contributed by atoms with Gasteiger partial charge in [-0.05, 0) is 29.7 Å². The average molecular weight is 235 g/mol. The summed E-state index contributed by atoms with van der Waals surface area (Å²) in [7, 11) is 0. The van der Waals surface area contributed by atoms with Gasteiger partial charge >= 0.3 is 0 Å². The number of nitrogens with zero attached hydrogens (tertiary/aromatic N) is 1. The van der Waals surface area contributed by atoms with E-state index in [9.17, 15) is 0 Å². The van der Waals surface area contributed by atoms with Crippen LogP contribution in [0.5, 0.6) is 0 Å². The average Bonchev–Trinajstić information content (AvgIpc) is 2.93. The molecule has 0 atom stereocenters. The molecule has 0 aliphatic rings. The third kappa shape index (κ3) is 1.82. The Morgan fingerprint density at radius 2 is 1.78 bits per heavy atom. The predicted octanol–water partition coefficient (Wildman–Crippen LogP) is 4.32. The fourth-order valence-electron chi connectivity index (χ4n) is 2.19. The van der Waals surface area contributed by atoms with Gasteiger partial charge in [-0.2, -0.15) is 0 Å². The lowest BCUT2D eigenvalue weighted by atomic mass is 9.95. The molecule has 0 N–H and O–H groups in total. The second-order valence-corrected chi connectivity index (χ2v) is 4.20. The summed E-state index contributed by atoms with van der Waals surface area (Å²) in [5, 5.41) is 0. The molecule has 0 saturated carbocycles. The molecule has 0 unspecified atom stereocenters. The van der Waals surface area contributed by atoms with Crippen molar-refractivity contribution in [3.05, 3.63) is 66.6 Å². The van der Waals surface area contributed by atoms with E-state index >= 15 is 0 Å². The molecule has 0 radical (unpaired) electrons. The van der Waals surface area contributed by atoms with Gasteiger partial charge < -0.3 is 4.42 Å². The minimum Gasteiger partial charge on any atom is -0.445 e. The summed E-state index contributed by atoms with van der Waals surface area (Å²) in [6.45, 7) is 2.11. The summed E-state index contributed by atoms with van der Waals surface area (Å²) in [6, 6.07) is 16.5. The molecule has 18 heavy (non-hydrogen) atoms. The number of aryl methyl sites for hydroxylation is 1. The number of rotatable bonds is 2. The predicted molar refractivity (Wildman–Crippen MR) is 72.1 cm³/mol. The van der Waals surface area contributed by atoms with Gasteiger partial charge in [-0.3, -0.25) is 0 Å². The van der Waals surface area contributed by atoms with Crippen LogP contribution in [-0.2, 0) is 0 Å². The Bertz CT molecular complexity index is 642. The summed E-state index contributed by atoms with van der Waals surface area (Å²) >= 11 is 0. The quantitative estimate of drug-likeness (QED) is 0.661. The Morgan fingerprint density at radius 1 is 0.944 bits per heavy atom. The van der Waals surface area contributed by atoms with Gasteiger partial charge in [0.25, 0.3) is 0 Å². The van der Waals surface area contributed by atoms with Gasteiger partial charge in [-0.1, -0.05) is 42.5 Å². The van der Waals surface area contributed by atoms with E-state index in [4.69, 9.17) is 4.42 Å². The van der Waals surface area contributed by atoms with Gasteiger partial charge in [0.15, 0.2) is 0 Å². The van der Waals surface area contributed by atoms with E-state index in [0.29, 0.717) is 5.89 Å². The van der Waals surface area contributed by atoms with Gasteiger partial charge in [0.05, 0.1) is 6.20 Å². The first-order valence-corrected chi connectivity index (χ1v) is 5.91. The van der Waals surface area contributed by atoms with E-state index in [1.54, 1.807) is 12.5 Å². The lowest BCUT2D eigenvalue weighted by Crippen LogP contribution is -1.88. The van der Waals surface area contributed by atoms with Gasteiger partial charge in [-0.25, -0.2) is 4.98 Å². The highest BCUT2D eigenvalue weighted by Crippen LogP contribution is 2.33. The van der Waals surface area contributed by atoms with E-state index in [-0.39, 0.29) is 0 Å². The molecule has 1 aromatic heterocycles. The molecule has 2 nitrogen and oxygen atoms in total. The third-order valence-corrected chi connectivity index (χ3v) is 3.00. The first-order chi connectivity index (χ1) is 8.86. The number of hydrogen-bond acceptors (Lipinski definition) is 2. The van der Waals surface area contributed by atoms with E-state index in [2.05, 4.69) is 30.1 Å². The molecule has 0 aliphatic heterocycles. The zero-order chi connectivity index (χ0) is 12.4. The van der Waals surface area contributed by atoms with Crippen LogP contribution < -0.4 is 0 Å². The summed E-state index contributed by atoms with van der Waals surface area (Å²) in [6.07, 6.45) is 3.28. The number of benzene rings is 2. The Morgan fingerprint density at radius 3 is 2.50 bits per heavy atom. The van der Waals surface area contributed by atoms with Crippen molar-refractivity contribution >= 4 is 0 Å². The molecule has 88 valence electrons. The highest BCUT2D eigenvalue weighted by Gasteiger charge is 2.12. The Hall–Kier alpha value is -2.35. The molecule has 0 saturated heterocycles. The molecule has 1 heterocycles. The topological polar surface area (TPSA) is 26.0 Å². The van der Waals surface area contributed by atoms with Crippen molar-refractivity contribution < 1.29 is 4.42 Å². The Kier molecular flexibility index (Phi) is 2.69. The van der Waals surface area contributed by atoms with Crippen LogP contribution in [-0.4, -0.2) is 4.98 Å². The minimum atomic E-state index is 0.664. The lowest BCUT2D eigenvalue weighted by molar-refractivity contribution is 0.574. The van der Waals surface area contributed by atoms with Crippen LogP contribution in [0.15, 0.2) is 65.4 Å². The maximum Gasteiger partial charge on any atom is 0.226 e. The van der Waals surface area contributed by atoms with Crippen molar-refractivity contribution in [3.63, 3.8) is 0 Å². The number of aromatic nitrogens is 1. The summed E-state index contributed by atoms with van der Waals surface area (Å²) in [5.74, 6) is 0.664. The molecule has 2 aromatic carbocycles. The molecule has 0 amide bonds. The van der Waals surface area contributed by atoms with E-state index in [1.807, 2.05) is 30.3 Å². The van der Waals surface area contributed by atoms with Crippen LogP contribution in [0.4, 0.5) is 0 Å². The van der Waals surface area contributed by atoms with Crippen molar-refractivity contribution in [3.8, 4) is 22.6 Å². The minimum absolute atomic E-state index is 0.664. The third-order valence-electron chi connectivity index (χ3n) is 3.00. The highest BCUT2D eigenvalue weighted by molar-refractivity contribution is 5.82. The van der Waals surface area contributed by atoms with Crippen LogP contribution in [0, 0.1) is 6.92 Å². The SMILES string of the molecule is Cc1cccc(-c2ncco2)c1-c1ccccc1. The maximum atomic E-state index is 5.43. The molecular formula is C16H13NO. The first kappa shape index (κ1) is 10.8. The molecule has 3 aromatic rings.